The average Bonchev–Trinajstić information content (AvgIpc) is 4.08. The second kappa shape index (κ2) is 19.2. The summed E-state index contributed by atoms with van der Waals surface area (Å²) >= 11 is -1.32. The molecule has 0 aromatic heterocycles. The van der Waals surface area contributed by atoms with Crippen LogP contribution in [0, 0.1) is 31.1 Å². The molecule has 81 heavy (non-hydrogen) atoms. The third kappa shape index (κ3) is 8.73. The first kappa shape index (κ1) is 50.0. The van der Waals surface area contributed by atoms with Gasteiger partial charge in [0.15, 0.2) is 0 Å². The van der Waals surface area contributed by atoms with Crippen molar-refractivity contribution < 1.29 is 22.4 Å². The molecular formula is C75H58N4OPt. The van der Waals surface area contributed by atoms with Crippen molar-refractivity contribution in [1.29, 1.82) is 0 Å². The summed E-state index contributed by atoms with van der Waals surface area (Å²) in [6.07, 6.45) is 6.29. The normalized spacial score (nSPS) is 13.9. The van der Waals surface area contributed by atoms with Crippen molar-refractivity contribution in [2.24, 2.45) is 0 Å². The van der Waals surface area contributed by atoms with Gasteiger partial charge in [0.25, 0.3) is 0 Å². The predicted octanol–water partition coefficient (Wildman–Crippen LogP) is 18.6. The van der Waals surface area contributed by atoms with Crippen LogP contribution in [0.2, 0.25) is 0 Å². The van der Waals surface area contributed by atoms with Gasteiger partial charge in [-0.15, -0.1) is 0 Å². The summed E-state index contributed by atoms with van der Waals surface area (Å²) in [7, 11) is 0. The van der Waals surface area contributed by atoms with Crippen molar-refractivity contribution >= 4 is 53.8 Å². The molecule has 0 aliphatic carbocycles. The maximum absolute atomic E-state index is 6.97. The molecule has 0 radical (unpaired) electrons. The molecular weight excluding hydrogens is 1170 g/mol. The van der Waals surface area contributed by atoms with Crippen molar-refractivity contribution in [3.63, 3.8) is 0 Å². The van der Waals surface area contributed by atoms with E-state index >= 15 is 0 Å². The van der Waals surface area contributed by atoms with E-state index in [1.807, 2.05) is 6.07 Å². The Morgan fingerprint density at radius 2 is 0.802 bits per heavy atom. The summed E-state index contributed by atoms with van der Waals surface area (Å²) in [4.78, 5) is 10.3. The summed E-state index contributed by atoms with van der Waals surface area (Å²) in [5.74, 6) is 11.9. The molecule has 6 heteroatoms. The van der Waals surface area contributed by atoms with Gasteiger partial charge in [0.05, 0.1) is 0 Å². The summed E-state index contributed by atoms with van der Waals surface area (Å²) in [5.41, 5.74) is 23.3. The minimum atomic E-state index is -1.32. The Morgan fingerprint density at radius 3 is 1.23 bits per heavy atom. The Kier molecular flexibility index (Phi) is 11.9. The Labute approximate surface area is 483 Å². The molecule has 14 rings (SSSR count). The minimum absolute atomic E-state index is 0.190. The van der Waals surface area contributed by atoms with E-state index in [1.165, 1.54) is 16.7 Å². The molecule has 5 nitrogen and oxygen atoms in total. The monoisotopic (exact) mass is 1230 g/mol. The molecule has 0 unspecified atom stereocenters. The van der Waals surface area contributed by atoms with E-state index in [-0.39, 0.29) is 10.8 Å². The Morgan fingerprint density at radius 1 is 0.407 bits per heavy atom. The number of para-hydroxylation sites is 4. The van der Waals surface area contributed by atoms with Crippen LogP contribution >= 0.6 is 0 Å². The molecule has 0 saturated carbocycles. The van der Waals surface area contributed by atoms with Gasteiger partial charge in [-0.3, -0.25) is 0 Å². The molecule has 10 bridgehead atoms. The number of hydrogen-bond acceptors (Lipinski definition) is 5. The van der Waals surface area contributed by atoms with Crippen LogP contribution in [0.3, 0.4) is 0 Å². The average molecular weight is 1230 g/mol. The first-order valence-corrected chi connectivity index (χ1v) is 29.9. The molecule has 10 aromatic carbocycles. The van der Waals surface area contributed by atoms with E-state index in [1.54, 1.807) is 0 Å². The summed E-state index contributed by atoms with van der Waals surface area (Å²) in [6, 6.07) is 80.2. The number of terminal acetylenes is 1. The standard InChI is InChI=1S/C75H58N4O.Pt/c1-9-51-21-15-25-55(39-51)65-43-59(75(6,7)8)45-67-57-27-17-23-53(41-57)37-36-52-22-16-26-56(40-52)66-44-58(74(3,4)5)42-64(54-24-14-20-50(2)38-54)72(66)78-48-76(68-32-10-12-34-70(68)78)60-28-18-30-62(46-60)80-63-31-19-29-61(47-63)77-49-79(73(65)67)71-35-13-11-33-69(71)77;/h1,10-35,38-47H,2-8H3;. The van der Waals surface area contributed by atoms with Crippen molar-refractivity contribution in [1.82, 2.24) is 0 Å². The molecule has 4 heterocycles. The molecule has 4 aliphatic rings. The summed E-state index contributed by atoms with van der Waals surface area (Å²) in [5, 5.41) is 0. The van der Waals surface area contributed by atoms with Gasteiger partial charge in [-0.2, -0.15) is 0 Å². The molecule has 0 fully saturated rings. The molecule has 10 aromatic rings. The van der Waals surface area contributed by atoms with Gasteiger partial charge in [-0.1, -0.05) is 0 Å². The Hall–Kier alpha value is -9.25. The van der Waals surface area contributed by atoms with Crippen molar-refractivity contribution in [3.8, 4) is 80.2 Å². The summed E-state index contributed by atoms with van der Waals surface area (Å²) in [6.45, 7) is 16.1. The molecule has 0 amide bonds. The molecule has 4 aliphatic heterocycles. The fraction of sp³-hybridized carbons (Fsp3) is 0.120. The number of ether oxygens (including phenoxy) is 1. The number of anilines is 8. The second-order valence-electron chi connectivity index (χ2n) is 23.3. The zero-order valence-corrected chi connectivity index (χ0v) is 48.6. The fourth-order valence-corrected chi connectivity index (χ4v) is 15.3. The van der Waals surface area contributed by atoms with Crippen LogP contribution in [0.5, 0.6) is 11.5 Å². The topological polar surface area (TPSA) is 22.2 Å². The van der Waals surface area contributed by atoms with E-state index in [0.717, 1.165) is 126 Å². The molecule has 0 saturated heterocycles. The zero-order chi connectivity index (χ0) is 55.3. The van der Waals surface area contributed by atoms with E-state index in [2.05, 4.69) is 298 Å². The predicted molar refractivity (Wildman–Crippen MR) is 335 cm³/mol. The van der Waals surface area contributed by atoms with Crippen molar-refractivity contribution in [2.45, 2.75) is 59.3 Å². The SMILES string of the molecule is C#Cc1cccc(-c2cc(C(C)(C)C)cc3c2N2[C]4=[Pt]=[C]5N(c6cccc(c6)Oc6cccc(c6)N4c4ccccc42)c2ccccc2N5c2c(-c4cccc(C)c4)cc(C(C)(C)C)cc2-c2cccc(c2)C#Cc2cccc-3c2)c1. The van der Waals surface area contributed by atoms with E-state index in [0.29, 0.717) is 0 Å². The van der Waals surface area contributed by atoms with Gasteiger partial charge in [-0.05, 0) is 0 Å². The van der Waals surface area contributed by atoms with Crippen LogP contribution < -0.4 is 24.3 Å². The van der Waals surface area contributed by atoms with E-state index < -0.39 is 17.6 Å². The van der Waals surface area contributed by atoms with Crippen LogP contribution in [0.15, 0.2) is 218 Å². The van der Waals surface area contributed by atoms with Gasteiger partial charge in [-0.25, -0.2) is 0 Å². The third-order valence-corrected chi connectivity index (χ3v) is 18.8. The molecule has 0 N–H and O–H groups in total. The number of benzene rings is 10. The van der Waals surface area contributed by atoms with Gasteiger partial charge in [0.1, 0.15) is 0 Å². The molecule has 0 atom stereocenters. The van der Waals surface area contributed by atoms with Gasteiger partial charge < -0.3 is 0 Å². The Bertz CT molecular complexity index is 4470. The number of aryl methyl sites for hydroxylation is 1. The van der Waals surface area contributed by atoms with Crippen molar-refractivity contribution in [3.05, 3.63) is 252 Å². The van der Waals surface area contributed by atoms with Crippen LogP contribution in [0.1, 0.15) is 74.9 Å². The van der Waals surface area contributed by atoms with Crippen LogP contribution in [-0.2, 0) is 28.5 Å². The van der Waals surface area contributed by atoms with Crippen LogP contribution in [0.4, 0.5) is 45.5 Å². The first-order valence-electron chi connectivity index (χ1n) is 27.6. The number of hydrogen-bond donors (Lipinski definition) is 0. The zero-order valence-electron chi connectivity index (χ0n) is 46.4. The Balaban J connectivity index is 1.24. The van der Waals surface area contributed by atoms with Gasteiger partial charge in [0.2, 0.25) is 0 Å². The van der Waals surface area contributed by atoms with Crippen molar-refractivity contribution in [2.75, 3.05) is 19.6 Å². The van der Waals surface area contributed by atoms with Gasteiger partial charge in [0, 0.05) is 0 Å². The number of nitrogens with zero attached hydrogens (tertiary/aromatic N) is 4. The molecule has 0 spiro atoms. The quantitative estimate of drug-likeness (QED) is 0.160. The third-order valence-electron chi connectivity index (χ3n) is 15.7. The van der Waals surface area contributed by atoms with E-state index in [4.69, 9.17) is 11.2 Å². The maximum atomic E-state index is 6.97. The van der Waals surface area contributed by atoms with Crippen LogP contribution in [0.25, 0.3) is 44.5 Å². The summed E-state index contributed by atoms with van der Waals surface area (Å²) < 4.78 is 9.28. The second-order valence-corrected chi connectivity index (χ2v) is 25.9. The fourth-order valence-electron chi connectivity index (χ4n) is 11.6. The number of fused-ring (bicyclic) bond motifs is 22. The number of rotatable bonds is 2. The van der Waals surface area contributed by atoms with E-state index in [9.17, 15) is 0 Å². The first-order chi connectivity index (χ1) is 39.2. The molecule has 394 valence electrons. The van der Waals surface area contributed by atoms with Gasteiger partial charge >= 0.3 is 487 Å². The van der Waals surface area contributed by atoms with Crippen LogP contribution in [-0.4, -0.2) is 8.29 Å².